The largest absolute Gasteiger partial charge is 0.489 e. The first kappa shape index (κ1) is 15.8. The van der Waals surface area contributed by atoms with E-state index in [0.717, 1.165) is 5.56 Å². The van der Waals surface area contributed by atoms with Crippen molar-refractivity contribution in [3.05, 3.63) is 53.7 Å². The molecule has 0 bridgehead atoms. The number of methoxy groups -OCH3 is 1. The van der Waals surface area contributed by atoms with Gasteiger partial charge in [-0.1, -0.05) is 30.3 Å². The molecule has 0 saturated carbocycles. The molecule has 1 heterocycles. The second-order valence-electron chi connectivity index (χ2n) is 4.77. The van der Waals surface area contributed by atoms with Crippen molar-refractivity contribution in [1.29, 1.82) is 0 Å². The van der Waals surface area contributed by atoms with Crippen molar-refractivity contribution in [3.63, 3.8) is 0 Å². The second-order valence-corrected chi connectivity index (χ2v) is 4.77. The minimum atomic E-state index is -1.18. The van der Waals surface area contributed by atoms with Crippen LogP contribution in [0.4, 0.5) is 0 Å². The van der Waals surface area contributed by atoms with Crippen LogP contribution in [-0.4, -0.2) is 35.8 Å². The topological polar surface area (TPSA) is 94.7 Å². The van der Waals surface area contributed by atoms with Crippen LogP contribution >= 0.6 is 0 Å². The molecule has 22 heavy (non-hydrogen) atoms. The van der Waals surface area contributed by atoms with E-state index in [1.165, 1.54) is 13.2 Å². The number of nitrogens with two attached hydrogens (primary N) is 1. The molecule has 6 heteroatoms. The van der Waals surface area contributed by atoms with E-state index in [0.29, 0.717) is 6.42 Å². The normalized spacial score (nSPS) is 11.7. The van der Waals surface area contributed by atoms with Crippen LogP contribution in [0, 0.1) is 0 Å². The number of carbonyl (C=O) groups is 1. The van der Waals surface area contributed by atoms with Gasteiger partial charge in [0.05, 0.1) is 7.11 Å². The van der Waals surface area contributed by atoms with E-state index in [2.05, 4.69) is 4.98 Å². The van der Waals surface area contributed by atoms with Crippen molar-refractivity contribution in [2.45, 2.75) is 12.5 Å². The van der Waals surface area contributed by atoms with Crippen LogP contribution < -0.4 is 15.2 Å². The zero-order valence-electron chi connectivity index (χ0n) is 12.2. The third kappa shape index (κ3) is 4.20. The maximum Gasteiger partial charge on any atom is 0.358 e. The molecule has 0 spiro atoms. The van der Waals surface area contributed by atoms with Crippen molar-refractivity contribution < 1.29 is 19.4 Å². The van der Waals surface area contributed by atoms with Gasteiger partial charge < -0.3 is 20.3 Å². The fourth-order valence-electron chi connectivity index (χ4n) is 1.98. The molecule has 0 aliphatic rings. The summed E-state index contributed by atoms with van der Waals surface area (Å²) in [6.07, 6.45) is 0.646. The number of nitrogens with zero attached hydrogens (tertiary/aromatic N) is 1. The Kier molecular flexibility index (Phi) is 5.32. The summed E-state index contributed by atoms with van der Waals surface area (Å²) < 4.78 is 10.4. The maximum atomic E-state index is 11.2. The van der Waals surface area contributed by atoms with Gasteiger partial charge in [0, 0.05) is 12.1 Å². The zero-order chi connectivity index (χ0) is 15.9. The van der Waals surface area contributed by atoms with Gasteiger partial charge in [-0.05, 0) is 18.1 Å². The molecule has 0 amide bonds. The molecular formula is C16H18N2O4. The molecular weight excluding hydrogens is 284 g/mol. The van der Waals surface area contributed by atoms with Gasteiger partial charge in [0.15, 0.2) is 11.4 Å². The highest BCUT2D eigenvalue weighted by Crippen LogP contribution is 2.20. The molecule has 0 radical (unpaired) electrons. The monoisotopic (exact) mass is 302 g/mol. The minimum Gasteiger partial charge on any atom is -0.489 e. The zero-order valence-corrected chi connectivity index (χ0v) is 12.2. The maximum absolute atomic E-state index is 11.2. The van der Waals surface area contributed by atoms with Gasteiger partial charge in [-0.25, -0.2) is 9.78 Å². The van der Waals surface area contributed by atoms with Crippen LogP contribution in [0.1, 0.15) is 16.1 Å². The summed E-state index contributed by atoms with van der Waals surface area (Å²) in [5, 5.41) is 9.16. The van der Waals surface area contributed by atoms with Gasteiger partial charge in [-0.3, -0.25) is 0 Å². The predicted octanol–water partition coefficient (Wildman–Crippen LogP) is 1.74. The molecule has 1 unspecified atom stereocenters. The Balaban J connectivity index is 2.00. The standard InChI is InChI=1S/C16H18N2O4/c1-21-14-8-7-13(15(18-14)16(19)20)22-10-12(17)9-11-5-3-2-4-6-11/h2-8,12H,9-10,17H2,1H3,(H,19,20). The summed E-state index contributed by atoms with van der Waals surface area (Å²) in [7, 11) is 1.42. The summed E-state index contributed by atoms with van der Waals surface area (Å²) in [5.41, 5.74) is 6.93. The Morgan fingerprint density at radius 3 is 2.64 bits per heavy atom. The highest BCUT2D eigenvalue weighted by atomic mass is 16.5. The summed E-state index contributed by atoms with van der Waals surface area (Å²) in [6.45, 7) is 0.198. The SMILES string of the molecule is COc1ccc(OCC(N)Cc2ccccc2)c(C(=O)O)n1. The van der Waals surface area contributed by atoms with Crippen molar-refractivity contribution in [1.82, 2.24) is 4.98 Å². The minimum absolute atomic E-state index is 0.178. The van der Waals surface area contributed by atoms with Crippen molar-refractivity contribution in [3.8, 4) is 11.6 Å². The molecule has 2 rings (SSSR count). The van der Waals surface area contributed by atoms with Crippen LogP contribution in [0.5, 0.6) is 11.6 Å². The van der Waals surface area contributed by atoms with Crippen LogP contribution in [0.25, 0.3) is 0 Å². The van der Waals surface area contributed by atoms with Crippen LogP contribution in [0.2, 0.25) is 0 Å². The molecule has 6 nitrogen and oxygen atoms in total. The van der Waals surface area contributed by atoms with E-state index < -0.39 is 5.97 Å². The molecule has 1 aromatic heterocycles. The van der Waals surface area contributed by atoms with Gasteiger partial charge in [-0.15, -0.1) is 0 Å². The van der Waals surface area contributed by atoms with E-state index in [9.17, 15) is 4.79 Å². The third-order valence-corrected chi connectivity index (χ3v) is 3.04. The number of ether oxygens (including phenoxy) is 2. The smallest absolute Gasteiger partial charge is 0.358 e. The van der Waals surface area contributed by atoms with E-state index >= 15 is 0 Å². The van der Waals surface area contributed by atoms with Gasteiger partial charge >= 0.3 is 5.97 Å². The lowest BCUT2D eigenvalue weighted by atomic mass is 10.1. The molecule has 3 N–H and O–H groups in total. The average Bonchev–Trinajstić information content (AvgIpc) is 2.53. The highest BCUT2D eigenvalue weighted by Gasteiger charge is 2.16. The van der Waals surface area contributed by atoms with Gasteiger partial charge in [0.1, 0.15) is 6.61 Å². The summed E-state index contributed by atoms with van der Waals surface area (Å²) in [5.74, 6) is -0.777. The molecule has 0 aliphatic carbocycles. The lowest BCUT2D eigenvalue weighted by Gasteiger charge is -2.14. The number of benzene rings is 1. The molecule has 0 saturated heterocycles. The number of rotatable bonds is 7. The molecule has 0 aliphatic heterocycles. The first-order valence-electron chi connectivity index (χ1n) is 6.80. The fourth-order valence-corrected chi connectivity index (χ4v) is 1.98. The van der Waals surface area contributed by atoms with Crippen LogP contribution in [-0.2, 0) is 6.42 Å². The number of aromatic carboxylic acids is 1. The van der Waals surface area contributed by atoms with Crippen LogP contribution in [0.15, 0.2) is 42.5 Å². The number of hydrogen-bond donors (Lipinski definition) is 2. The first-order valence-corrected chi connectivity index (χ1v) is 6.80. The molecule has 0 fully saturated rings. The van der Waals surface area contributed by atoms with Gasteiger partial charge in [-0.2, -0.15) is 0 Å². The average molecular weight is 302 g/mol. The number of pyridine rings is 1. The van der Waals surface area contributed by atoms with E-state index in [1.54, 1.807) is 6.07 Å². The van der Waals surface area contributed by atoms with Crippen molar-refractivity contribution in [2.24, 2.45) is 5.73 Å². The Labute approximate surface area is 128 Å². The van der Waals surface area contributed by atoms with Crippen molar-refractivity contribution in [2.75, 3.05) is 13.7 Å². The lowest BCUT2D eigenvalue weighted by Crippen LogP contribution is -2.30. The number of carboxylic acid groups (broad SMARTS) is 1. The lowest BCUT2D eigenvalue weighted by molar-refractivity contribution is 0.0683. The van der Waals surface area contributed by atoms with Gasteiger partial charge in [0.25, 0.3) is 0 Å². The Hall–Kier alpha value is -2.60. The number of hydrogen-bond acceptors (Lipinski definition) is 5. The number of aromatic nitrogens is 1. The molecule has 116 valence electrons. The third-order valence-electron chi connectivity index (χ3n) is 3.04. The van der Waals surface area contributed by atoms with E-state index in [1.807, 2.05) is 30.3 Å². The molecule has 2 aromatic rings. The summed E-state index contributed by atoms with van der Waals surface area (Å²) >= 11 is 0. The predicted molar refractivity (Wildman–Crippen MR) is 81.4 cm³/mol. The quantitative estimate of drug-likeness (QED) is 0.809. The first-order chi connectivity index (χ1) is 10.6. The van der Waals surface area contributed by atoms with Gasteiger partial charge in [0.2, 0.25) is 5.88 Å². The highest BCUT2D eigenvalue weighted by molar-refractivity contribution is 5.88. The fraction of sp³-hybridized carbons (Fsp3) is 0.250. The molecule has 1 aromatic carbocycles. The Morgan fingerprint density at radius 2 is 2.00 bits per heavy atom. The Morgan fingerprint density at radius 1 is 1.27 bits per heavy atom. The summed E-state index contributed by atoms with van der Waals surface area (Å²) in [4.78, 5) is 15.1. The molecule has 1 atom stereocenters. The Bertz CT molecular complexity index is 631. The van der Waals surface area contributed by atoms with Crippen LogP contribution in [0.3, 0.4) is 0 Å². The summed E-state index contributed by atoms with van der Waals surface area (Å²) in [6, 6.07) is 12.6. The van der Waals surface area contributed by atoms with Crippen molar-refractivity contribution >= 4 is 5.97 Å². The van der Waals surface area contributed by atoms with E-state index in [-0.39, 0.29) is 30.0 Å². The second kappa shape index (κ2) is 7.42. The van der Waals surface area contributed by atoms with E-state index in [4.69, 9.17) is 20.3 Å². The number of carboxylic acids is 1.